The number of amides is 1. The van der Waals surface area contributed by atoms with Crippen LogP contribution in [0, 0.1) is 11.6 Å². The molecule has 4 nitrogen and oxygen atoms in total. The molecule has 19 heavy (non-hydrogen) atoms. The third kappa shape index (κ3) is 2.72. The van der Waals surface area contributed by atoms with E-state index in [0.717, 1.165) is 17.0 Å². The van der Waals surface area contributed by atoms with Crippen LogP contribution in [-0.4, -0.2) is 34.0 Å². The summed E-state index contributed by atoms with van der Waals surface area (Å²) in [5.41, 5.74) is -0.304. The number of carboxylic acid groups (broad SMARTS) is 1. The Morgan fingerprint density at radius 1 is 1.37 bits per heavy atom. The van der Waals surface area contributed by atoms with Crippen LogP contribution < -0.4 is 0 Å². The van der Waals surface area contributed by atoms with Crippen LogP contribution in [0.5, 0.6) is 0 Å². The monoisotopic (exact) mass is 269 g/mol. The summed E-state index contributed by atoms with van der Waals surface area (Å²) in [6.07, 6.45) is 1.40. The van der Waals surface area contributed by atoms with Gasteiger partial charge in [0.15, 0.2) is 0 Å². The normalized spacial score (nSPS) is 15.9. The Kier molecular flexibility index (Phi) is 3.50. The Labute approximate surface area is 108 Å². The van der Waals surface area contributed by atoms with Crippen molar-refractivity contribution in [1.29, 1.82) is 0 Å². The highest BCUT2D eigenvalue weighted by Crippen LogP contribution is 2.30. The summed E-state index contributed by atoms with van der Waals surface area (Å²) < 4.78 is 26.4. The largest absolute Gasteiger partial charge is 0.480 e. The summed E-state index contributed by atoms with van der Waals surface area (Å²) >= 11 is 0. The van der Waals surface area contributed by atoms with Crippen molar-refractivity contribution in [3.63, 3.8) is 0 Å². The summed E-state index contributed by atoms with van der Waals surface area (Å²) in [7, 11) is 0. The molecule has 1 atom stereocenters. The van der Waals surface area contributed by atoms with Crippen molar-refractivity contribution in [3.05, 3.63) is 35.4 Å². The molecule has 0 heterocycles. The van der Waals surface area contributed by atoms with Crippen LogP contribution in [0.3, 0.4) is 0 Å². The van der Waals surface area contributed by atoms with Crippen molar-refractivity contribution >= 4 is 11.9 Å². The van der Waals surface area contributed by atoms with Gasteiger partial charge in [0.1, 0.15) is 17.7 Å². The number of carbonyl (C=O) groups excluding carboxylic acids is 1. The van der Waals surface area contributed by atoms with Gasteiger partial charge in [-0.3, -0.25) is 4.79 Å². The number of carbonyl (C=O) groups is 2. The van der Waals surface area contributed by atoms with E-state index in [1.54, 1.807) is 0 Å². The van der Waals surface area contributed by atoms with Crippen molar-refractivity contribution in [2.24, 2.45) is 0 Å². The first-order valence-corrected chi connectivity index (χ1v) is 5.92. The van der Waals surface area contributed by atoms with E-state index in [-0.39, 0.29) is 11.6 Å². The van der Waals surface area contributed by atoms with Crippen LogP contribution >= 0.6 is 0 Å². The Morgan fingerprint density at radius 2 is 2.00 bits per heavy atom. The second-order valence-corrected chi connectivity index (χ2v) is 4.58. The van der Waals surface area contributed by atoms with Crippen LogP contribution in [0.2, 0.25) is 0 Å². The maximum absolute atomic E-state index is 13.6. The van der Waals surface area contributed by atoms with E-state index in [1.165, 1.54) is 6.92 Å². The number of benzene rings is 1. The Balaban J connectivity index is 2.31. The quantitative estimate of drug-likeness (QED) is 0.910. The zero-order valence-electron chi connectivity index (χ0n) is 10.3. The van der Waals surface area contributed by atoms with E-state index >= 15 is 0 Å². The number of halogens is 2. The molecule has 1 amide bonds. The second-order valence-electron chi connectivity index (χ2n) is 4.58. The molecule has 6 heteroatoms. The van der Waals surface area contributed by atoms with E-state index in [1.807, 2.05) is 0 Å². The molecule has 0 aliphatic heterocycles. The van der Waals surface area contributed by atoms with Gasteiger partial charge in [0.2, 0.25) is 0 Å². The minimum atomic E-state index is -1.15. The van der Waals surface area contributed by atoms with Gasteiger partial charge in [-0.05, 0) is 31.9 Å². The van der Waals surface area contributed by atoms with Crippen molar-refractivity contribution < 1.29 is 23.5 Å². The first kappa shape index (κ1) is 13.5. The number of aliphatic carboxylic acids is 1. The van der Waals surface area contributed by atoms with Gasteiger partial charge in [-0.15, -0.1) is 0 Å². The van der Waals surface area contributed by atoms with E-state index < -0.39 is 29.6 Å². The molecule has 1 aliphatic rings. The third-order valence-corrected chi connectivity index (χ3v) is 3.11. The fourth-order valence-corrected chi connectivity index (χ4v) is 1.93. The number of hydrogen-bond acceptors (Lipinski definition) is 2. The first-order chi connectivity index (χ1) is 8.91. The highest BCUT2D eigenvalue weighted by atomic mass is 19.1. The molecule has 1 saturated carbocycles. The van der Waals surface area contributed by atoms with Crippen LogP contribution in [0.15, 0.2) is 18.2 Å². The lowest BCUT2D eigenvalue weighted by atomic mass is 10.1. The second kappa shape index (κ2) is 4.95. The zero-order valence-corrected chi connectivity index (χ0v) is 10.3. The Hall–Kier alpha value is -1.98. The van der Waals surface area contributed by atoms with Crippen LogP contribution in [0.4, 0.5) is 8.78 Å². The first-order valence-electron chi connectivity index (χ1n) is 5.92. The van der Waals surface area contributed by atoms with Gasteiger partial charge in [-0.2, -0.15) is 0 Å². The molecule has 0 saturated heterocycles. The van der Waals surface area contributed by atoms with Crippen molar-refractivity contribution in [2.45, 2.75) is 31.8 Å². The molecule has 0 radical (unpaired) electrons. The number of nitrogens with zero attached hydrogens (tertiary/aromatic N) is 1. The van der Waals surface area contributed by atoms with Crippen molar-refractivity contribution in [3.8, 4) is 0 Å². The van der Waals surface area contributed by atoms with Gasteiger partial charge < -0.3 is 10.0 Å². The van der Waals surface area contributed by atoms with Gasteiger partial charge >= 0.3 is 5.97 Å². The van der Waals surface area contributed by atoms with Gasteiger partial charge in [0.05, 0.1) is 5.56 Å². The van der Waals surface area contributed by atoms with Gasteiger partial charge in [0, 0.05) is 12.1 Å². The minimum absolute atomic E-state index is 0.178. The van der Waals surface area contributed by atoms with Crippen LogP contribution in [0.25, 0.3) is 0 Å². The lowest BCUT2D eigenvalue weighted by Gasteiger charge is -2.26. The molecular weight excluding hydrogens is 256 g/mol. The van der Waals surface area contributed by atoms with E-state index in [9.17, 15) is 18.4 Å². The van der Waals surface area contributed by atoms with Crippen molar-refractivity contribution in [1.82, 2.24) is 4.90 Å². The highest BCUT2D eigenvalue weighted by molar-refractivity contribution is 5.97. The van der Waals surface area contributed by atoms with E-state index in [4.69, 9.17) is 5.11 Å². The lowest BCUT2D eigenvalue weighted by Crippen LogP contribution is -2.45. The molecule has 2 rings (SSSR count). The average molecular weight is 269 g/mol. The molecule has 0 bridgehead atoms. The standard InChI is InChI=1S/C13H13F2NO3/c1-7(13(18)19)16(9-3-4-9)12(17)10-5-2-8(14)6-11(10)15/h2,5-7,9H,3-4H2,1H3,(H,18,19). The number of carboxylic acids is 1. The predicted octanol–water partition coefficient (Wildman–Crippen LogP) is 2.04. The SMILES string of the molecule is CC(C(=O)O)N(C(=O)c1ccc(F)cc1F)C1CC1. The summed E-state index contributed by atoms with van der Waals surface area (Å²) in [4.78, 5) is 24.4. The van der Waals surface area contributed by atoms with Gasteiger partial charge in [0.25, 0.3) is 5.91 Å². The molecule has 1 N–H and O–H groups in total. The van der Waals surface area contributed by atoms with Gasteiger partial charge in [-0.25, -0.2) is 13.6 Å². The molecule has 1 unspecified atom stereocenters. The molecule has 0 aromatic heterocycles. The molecule has 1 fully saturated rings. The molecule has 0 spiro atoms. The summed E-state index contributed by atoms with van der Waals surface area (Å²) in [5, 5.41) is 8.99. The third-order valence-electron chi connectivity index (χ3n) is 3.11. The van der Waals surface area contributed by atoms with Crippen molar-refractivity contribution in [2.75, 3.05) is 0 Å². The topological polar surface area (TPSA) is 57.6 Å². The molecular formula is C13H13F2NO3. The Bertz CT molecular complexity index is 529. The number of hydrogen-bond donors (Lipinski definition) is 1. The predicted molar refractivity (Wildman–Crippen MR) is 62.6 cm³/mol. The Morgan fingerprint density at radius 3 is 2.47 bits per heavy atom. The summed E-state index contributed by atoms with van der Waals surface area (Å²) in [6.45, 7) is 1.37. The maximum Gasteiger partial charge on any atom is 0.326 e. The zero-order chi connectivity index (χ0) is 14.2. The summed E-state index contributed by atoms with van der Waals surface area (Å²) in [6, 6.07) is 1.42. The molecule has 1 aromatic rings. The summed E-state index contributed by atoms with van der Waals surface area (Å²) in [5.74, 6) is -3.62. The molecule has 102 valence electrons. The van der Waals surface area contributed by atoms with Crippen LogP contribution in [0.1, 0.15) is 30.1 Å². The smallest absolute Gasteiger partial charge is 0.326 e. The average Bonchev–Trinajstić information content (AvgIpc) is 3.13. The van der Waals surface area contributed by atoms with Gasteiger partial charge in [-0.1, -0.05) is 0 Å². The molecule has 1 aliphatic carbocycles. The van der Waals surface area contributed by atoms with E-state index in [2.05, 4.69) is 0 Å². The maximum atomic E-state index is 13.6. The molecule has 1 aromatic carbocycles. The fourth-order valence-electron chi connectivity index (χ4n) is 1.93. The number of rotatable bonds is 4. The van der Waals surface area contributed by atoms with E-state index in [0.29, 0.717) is 18.9 Å². The highest BCUT2D eigenvalue weighted by Gasteiger charge is 2.39. The lowest BCUT2D eigenvalue weighted by molar-refractivity contribution is -0.141. The minimum Gasteiger partial charge on any atom is -0.480 e. The van der Waals surface area contributed by atoms with Crippen LogP contribution in [-0.2, 0) is 4.79 Å². The fraction of sp³-hybridized carbons (Fsp3) is 0.385.